The van der Waals surface area contributed by atoms with Crippen molar-refractivity contribution < 1.29 is 0 Å². The maximum absolute atomic E-state index is 2.43. The van der Waals surface area contributed by atoms with E-state index >= 15 is 0 Å². The zero-order valence-corrected chi connectivity index (χ0v) is 18.9. The van der Waals surface area contributed by atoms with Gasteiger partial charge in [0.05, 0.1) is 0 Å². The predicted octanol–water partition coefficient (Wildman–Crippen LogP) is 8.36. The van der Waals surface area contributed by atoms with Gasteiger partial charge in [-0.15, -0.1) is 0 Å². The Morgan fingerprint density at radius 2 is 0.704 bits per heavy atom. The molecule has 0 fully saturated rings. The maximum atomic E-state index is 2.43. The van der Waals surface area contributed by atoms with Gasteiger partial charge in [-0.25, -0.2) is 0 Å². The molecule has 0 heterocycles. The fraction of sp³-hybridized carbons (Fsp3) is 0.556. The first-order chi connectivity index (χ1) is 12.7. The Labute approximate surface area is 168 Å². The van der Waals surface area contributed by atoms with Gasteiger partial charge in [-0.1, -0.05) is 91.8 Å². The third-order valence-corrected chi connectivity index (χ3v) is 5.67. The van der Waals surface area contributed by atoms with Gasteiger partial charge in [-0.3, -0.25) is 0 Å². The molecule has 0 spiro atoms. The predicted molar refractivity (Wildman–Crippen MR) is 121 cm³/mol. The van der Waals surface area contributed by atoms with Crippen LogP contribution < -0.4 is 0 Å². The summed E-state index contributed by atoms with van der Waals surface area (Å²) in [5.74, 6) is 2.38. The van der Waals surface area contributed by atoms with Crippen LogP contribution in [0.5, 0.6) is 0 Å². The van der Waals surface area contributed by atoms with Crippen molar-refractivity contribution in [2.24, 2.45) is 0 Å². The molecule has 0 saturated heterocycles. The van der Waals surface area contributed by atoms with Crippen LogP contribution >= 0.6 is 0 Å². The van der Waals surface area contributed by atoms with E-state index in [9.17, 15) is 0 Å². The third kappa shape index (κ3) is 6.23. The van der Waals surface area contributed by atoms with Crippen LogP contribution in [0, 0.1) is 0 Å². The van der Waals surface area contributed by atoms with Gasteiger partial charge in [0.25, 0.3) is 0 Å². The Morgan fingerprint density at radius 1 is 0.444 bits per heavy atom. The number of hydrogen-bond donors (Lipinski definition) is 0. The van der Waals surface area contributed by atoms with Crippen LogP contribution in [-0.4, -0.2) is 0 Å². The lowest BCUT2D eigenvalue weighted by Gasteiger charge is -2.16. The first kappa shape index (κ1) is 21.7. The minimum atomic E-state index is 0.596. The molecule has 0 radical (unpaired) electrons. The van der Waals surface area contributed by atoms with Crippen LogP contribution in [0.15, 0.2) is 36.4 Å². The standard InChI is InChI=1S/C27H40/c1-18(2)24-12-22(13-25(16-24)19(3)4)10-9-11-23-14-26(20(5)6)17-27(15-23)21(7)8/h12-21H,9-11H2,1-8H3. The average Bonchev–Trinajstić information content (AvgIpc) is 2.61. The Hall–Kier alpha value is -1.56. The van der Waals surface area contributed by atoms with Crippen molar-refractivity contribution in [1.82, 2.24) is 0 Å². The highest BCUT2D eigenvalue weighted by molar-refractivity contribution is 5.35. The molecule has 0 aliphatic heterocycles. The molecule has 2 rings (SSSR count). The molecule has 0 amide bonds. The summed E-state index contributed by atoms with van der Waals surface area (Å²) >= 11 is 0. The fourth-order valence-electron chi connectivity index (χ4n) is 3.61. The summed E-state index contributed by atoms with van der Waals surface area (Å²) in [5, 5.41) is 0. The van der Waals surface area contributed by atoms with Crippen LogP contribution in [0.1, 0.15) is 119 Å². The van der Waals surface area contributed by atoms with E-state index < -0.39 is 0 Å². The van der Waals surface area contributed by atoms with Crippen molar-refractivity contribution in [3.63, 3.8) is 0 Å². The zero-order valence-electron chi connectivity index (χ0n) is 18.9. The summed E-state index contributed by atoms with van der Waals surface area (Å²) in [7, 11) is 0. The van der Waals surface area contributed by atoms with Gasteiger partial charge in [-0.2, -0.15) is 0 Å². The van der Waals surface area contributed by atoms with Crippen LogP contribution in [-0.2, 0) is 12.8 Å². The molecule has 0 nitrogen and oxygen atoms in total. The van der Waals surface area contributed by atoms with E-state index in [1.165, 1.54) is 52.6 Å². The summed E-state index contributed by atoms with van der Waals surface area (Å²) < 4.78 is 0. The second kappa shape index (κ2) is 9.58. The van der Waals surface area contributed by atoms with E-state index in [0.717, 1.165) is 0 Å². The number of aryl methyl sites for hydroxylation is 2. The molecule has 0 aliphatic rings. The molecule has 2 aromatic rings. The van der Waals surface area contributed by atoms with E-state index in [-0.39, 0.29) is 0 Å². The second-order valence-electron chi connectivity index (χ2n) is 9.49. The van der Waals surface area contributed by atoms with E-state index in [1.807, 2.05) is 0 Å². The molecule has 0 heteroatoms. The van der Waals surface area contributed by atoms with Crippen LogP contribution in [0.2, 0.25) is 0 Å². The van der Waals surface area contributed by atoms with Crippen LogP contribution in [0.25, 0.3) is 0 Å². The lowest BCUT2D eigenvalue weighted by molar-refractivity contribution is 0.784. The monoisotopic (exact) mass is 364 g/mol. The van der Waals surface area contributed by atoms with Gasteiger partial charge in [0, 0.05) is 0 Å². The molecule has 2 aromatic carbocycles. The molecule has 0 unspecified atom stereocenters. The van der Waals surface area contributed by atoms with E-state index in [0.29, 0.717) is 23.7 Å². The molecule has 0 atom stereocenters. The van der Waals surface area contributed by atoms with Gasteiger partial charge in [0.1, 0.15) is 0 Å². The maximum Gasteiger partial charge on any atom is -0.0219 e. The summed E-state index contributed by atoms with van der Waals surface area (Å²) in [6.07, 6.45) is 3.56. The summed E-state index contributed by atoms with van der Waals surface area (Å²) in [5.41, 5.74) is 8.96. The number of rotatable bonds is 8. The summed E-state index contributed by atoms with van der Waals surface area (Å²) in [4.78, 5) is 0. The van der Waals surface area contributed by atoms with Gasteiger partial charge in [0.15, 0.2) is 0 Å². The molecular formula is C27H40. The molecule has 0 aliphatic carbocycles. The SMILES string of the molecule is CC(C)c1cc(CCCc2cc(C(C)C)cc(C(C)C)c2)cc(C(C)C)c1. The summed E-state index contributed by atoms with van der Waals surface area (Å²) in [6, 6.07) is 14.5. The Bertz CT molecular complexity index is 616. The minimum Gasteiger partial charge on any atom is -0.0587 e. The Balaban J connectivity index is 2.14. The highest BCUT2D eigenvalue weighted by atomic mass is 14.1. The quantitative estimate of drug-likeness (QED) is 0.441. The lowest BCUT2D eigenvalue weighted by Crippen LogP contribution is -2.00. The first-order valence-electron chi connectivity index (χ1n) is 10.9. The van der Waals surface area contributed by atoms with Gasteiger partial charge >= 0.3 is 0 Å². The van der Waals surface area contributed by atoms with Crippen molar-refractivity contribution in [3.8, 4) is 0 Å². The largest absolute Gasteiger partial charge is 0.0587 e. The van der Waals surface area contributed by atoms with Crippen LogP contribution in [0.3, 0.4) is 0 Å². The molecule has 0 bridgehead atoms. The lowest BCUT2D eigenvalue weighted by atomic mass is 9.90. The van der Waals surface area contributed by atoms with Gasteiger partial charge in [-0.05, 0) is 76.3 Å². The van der Waals surface area contributed by atoms with Crippen molar-refractivity contribution >= 4 is 0 Å². The fourth-order valence-corrected chi connectivity index (χ4v) is 3.61. The Kier molecular flexibility index (Phi) is 7.71. The van der Waals surface area contributed by atoms with E-state index in [1.54, 1.807) is 0 Å². The third-order valence-electron chi connectivity index (χ3n) is 5.67. The van der Waals surface area contributed by atoms with Crippen LogP contribution in [0.4, 0.5) is 0 Å². The topological polar surface area (TPSA) is 0 Å². The van der Waals surface area contributed by atoms with Crippen molar-refractivity contribution in [1.29, 1.82) is 0 Å². The second-order valence-corrected chi connectivity index (χ2v) is 9.49. The molecule has 0 saturated carbocycles. The Morgan fingerprint density at radius 3 is 0.926 bits per heavy atom. The average molecular weight is 365 g/mol. The molecule has 0 N–H and O–H groups in total. The summed E-state index contributed by atoms with van der Waals surface area (Å²) in [6.45, 7) is 18.4. The highest BCUT2D eigenvalue weighted by Crippen LogP contribution is 2.26. The first-order valence-corrected chi connectivity index (χ1v) is 10.9. The van der Waals surface area contributed by atoms with Crippen molar-refractivity contribution in [3.05, 3.63) is 69.8 Å². The van der Waals surface area contributed by atoms with Gasteiger partial charge < -0.3 is 0 Å². The molecule has 27 heavy (non-hydrogen) atoms. The van der Waals surface area contributed by atoms with Crippen molar-refractivity contribution in [2.75, 3.05) is 0 Å². The highest BCUT2D eigenvalue weighted by Gasteiger charge is 2.09. The minimum absolute atomic E-state index is 0.596. The normalized spacial score (nSPS) is 12.0. The van der Waals surface area contributed by atoms with E-state index in [4.69, 9.17) is 0 Å². The number of hydrogen-bond acceptors (Lipinski definition) is 0. The zero-order chi connectivity index (χ0) is 20.1. The molecule has 0 aromatic heterocycles. The number of benzene rings is 2. The van der Waals surface area contributed by atoms with Gasteiger partial charge in [0.2, 0.25) is 0 Å². The molecular weight excluding hydrogens is 324 g/mol. The van der Waals surface area contributed by atoms with Crippen molar-refractivity contribution in [2.45, 2.75) is 98.3 Å². The smallest absolute Gasteiger partial charge is 0.0219 e. The molecule has 148 valence electrons. The van der Waals surface area contributed by atoms with E-state index in [2.05, 4.69) is 91.8 Å².